The van der Waals surface area contributed by atoms with Gasteiger partial charge in [-0.3, -0.25) is 4.79 Å². The maximum absolute atomic E-state index is 13.4. The number of benzene rings is 2. The third-order valence-electron chi connectivity index (χ3n) is 4.43. The number of ether oxygens (including phenoxy) is 1. The van der Waals surface area contributed by atoms with Crippen LogP contribution in [-0.2, 0) is 6.18 Å². The fourth-order valence-electron chi connectivity index (χ4n) is 3.07. The van der Waals surface area contributed by atoms with Crippen LogP contribution in [0.3, 0.4) is 0 Å². The summed E-state index contributed by atoms with van der Waals surface area (Å²) in [6.07, 6.45) is -3.02. The zero-order valence-electron chi connectivity index (χ0n) is 15.6. The van der Waals surface area contributed by atoms with Crippen molar-refractivity contribution in [2.75, 3.05) is 12.4 Å². The van der Waals surface area contributed by atoms with Crippen molar-refractivity contribution in [3.63, 3.8) is 0 Å². The summed E-state index contributed by atoms with van der Waals surface area (Å²) < 4.78 is 45.5. The number of methoxy groups -OCH3 is 1. The number of carbonyl (C=O) groups is 1. The van der Waals surface area contributed by atoms with Crippen LogP contribution >= 0.6 is 0 Å². The number of halogens is 3. The number of aromatic nitrogens is 3. The molecule has 1 amide bonds. The molecule has 2 aromatic heterocycles. The van der Waals surface area contributed by atoms with E-state index in [4.69, 9.17) is 4.74 Å². The van der Waals surface area contributed by atoms with Crippen molar-refractivity contribution >= 4 is 22.8 Å². The molecule has 0 radical (unpaired) electrons. The molecule has 0 fully saturated rings. The number of hydrogen-bond acceptors (Lipinski definition) is 4. The average Bonchev–Trinajstić information content (AvgIpc) is 3.17. The second-order valence-electron chi connectivity index (χ2n) is 6.37. The Hall–Kier alpha value is -3.88. The molecule has 0 saturated heterocycles. The number of pyridine rings is 1. The fourth-order valence-corrected chi connectivity index (χ4v) is 3.07. The molecule has 0 aliphatic rings. The SMILES string of the molecule is COc1cc(C(=O)Nc2ccccn2)c2nc(-c3ccccc3C(F)(F)F)[nH]c2c1. The Kier molecular flexibility index (Phi) is 4.86. The fraction of sp³-hybridized carbons (Fsp3) is 0.0952. The zero-order valence-corrected chi connectivity index (χ0v) is 15.6. The van der Waals surface area contributed by atoms with E-state index in [0.717, 1.165) is 6.07 Å². The lowest BCUT2D eigenvalue weighted by atomic mass is 10.1. The molecule has 9 heteroatoms. The smallest absolute Gasteiger partial charge is 0.417 e. The van der Waals surface area contributed by atoms with Gasteiger partial charge in [-0.2, -0.15) is 13.2 Å². The Labute approximate surface area is 168 Å². The molecule has 2 N–H and O–H groups in total. The third kappa shape index (κ3) is 3.69. The van der Waals surface area contributed by atoms with Gasteiger partial charge in [-0.15, -0.1) is 0 Å². The molecule has 0 bridgehead atoms. The summed E-state index contributed by atoms with van der Waals surface area (Å²) in [5.74, 6) is 0.169. The molecule has 6 nitrogen and oxygen atoms in total. The van der Waals surface area contributed by atoms with Crippen molar-refractivity contribution in [1.29, 1.82) is 0 Å². The number of nitrogens with zero attached hydrogens (tertiary/aromatic N) is 2. The van der Waals surface area contributed by atoms with Gasteiger partial charge in [0.1, 0.15) is 22.9 Å². The highest BCUT2D eigenvalue weighted by atomic mass is 19.4. The Morgan fingerprint density at radius 2 is 1.87 bits per heavy atom. The molecular weight excluding hydrogens is 397 g/mol. The van der Waals surface area contributed by atoms with Crippen molar-refractivity contribution in [3.05, 3.63) is 71.9 Å². The lowest BCUT2D eigenvalue weighted by Gasteiger charge is -2.10. The number of alkyl halides is 3. The van der Waals surface area contributed by atoms with E-state index >= 15 is 0 Å². The van der Waals surface area contributed by atoms with Gasteiger partial charge >= 0.3 is 6.18 Å². The molecule has 152 valence electrons. The highest BCUT2D eigenvalue weighted by Gasteiger charge is 2.34. The predicted octanol–water partition coefficient (Wildman–Crippen LogP) is 4.90. The number of nitrogens with one attached hydrogen (secondary N) is 2. The first-order valence-electron chi connectivity index (χ1n) is 8.83. The van der Waals surface area contributed by atoms with Gasteiger partial charge in [0.2, 0.25) is 0 Å². The van der Waals surface area contributed by atoms with E-state index in [-0.39, 0.29) is 22.5 Å². The van der Waals surface area contributed by atoms with Crippen LogP contribution in [0.25, 0.3) is 22.4 Å². The zero-order chi connectivity index (χ0) is 21.3. The highest BCUT2D eigenvalue weighted by Crippen LogP contribution is 2.37. The topological polar surface area (TPSA) is 79.9 Å². The molecule has 0 spiro atoms. The number of H-pyrrole nitrogens is 1. The molecule has 2 heterocycles. The van der Waals surface area contributed by atoms with E-state index in [1.165, 1.54) is 37.6 Å². The second-order valence-corrected chi connectivity index (χ2v) is 6.37. The van der Waals surface area contributed by atoms with Gasteiger partial charge < -0.3 is 15.0 Å². The first kappa shape index (κ1) is 19.4. The molecule has 0 saturated carbocycles. The first-order valence-corrected chi connectivity index (χ1v) is 8.83. The Balaban J connectivity index is 1.84. The molecule has 0 aliphatic carbocycles. The average molecular weight is 412 g/mol. The number of aromatic amines is 1. The highest BCUT2D eigenvalue weighted by molar-refractivity contribution is 6.12. The van der Waals surface area contributed by atoms with Crippen LogP contribution in [-0.4, -0.2) is 28.0 Å². The summed E-state index contributed by atoms with van der Waals surface area (Å²) in [5, 5.41) is 2.65. The second kappa shape index (κ2) is 7.51. The van der Waals surface area contributed by atoms with Gasteiger partial charge in [0.15, 0.2) is 0 Å². The van der Waals surface area contributed by atoms with Crippen LogP contribution in [0.5, 0.6) is 5.75 Å². The van der Waals surface area contributed by atoms with Crippen molar-refractivity contribution in [2.45, 2.75) is 6.18 Å². The standard InChI is InChI=1S/C21H15F3N4O2/c1-30-12-10-14(20(29)27-17-8-4-5-9-25-17)18-16(11-12)26-19(28-18)13-6-2-3-7-15(13)21(22,23)24/h2-11H,1H3,(H,26,28)(H,25,27,29). The molecule has 2 aromatic carbocycles. The van der Waals surface area contributed by atoms with Gasteiger partial charge in [0.25, 0.3) is 5.91 Å². The van der Waals surface area contributed by atoms with Crippen LogP contribution in [0, 0.1) is 0 Å². The van der Waals surface area contributed by atoms with E-state index in [1.54, 1.807) is 24.3 Å². The molecule has 4 aromatic rings. The number of fused-ring (bicyclic) bond motifs is 1. The van der Waals surface area contributed by atoms with Crippen LogP contribution < -0.4 is 10.1 Å². The molecule has 0 aliphatic heterocycles. The van der Waals surface area contributed by atoms with E-state index in [2.05, 4.69) is 20.3 Å². The molecule has 4 rings (SSSR count). The van der Waals surface area contributed by atoms with E-state index in [9.17, 15) is 18.0 Å². The third-order valence-corrected chi connectivity index (χ3v) is 4.43. The summed E-state index contributed by atoms with van der Waals surface area (Å²) in [4.78, 5) is 24.0. The quantitative estimate of drug-likeness (QED) is 0.499. The van der Waals surface area contributed by atoms with Crippen molar-refractivity contribution in [1.82, 2.24) is 15.0 Å². The number of amides is 1. The minimum absolute atomic E-state index is 0.00179. The maximum Gasteiger partial charge on any atom is 0.417 e. The minimum Gasteiger partial charge on any atom is -0.497 e. The van der Waals surface area contributed by atoms with Gasteiger partial charge in [-0.05, 0) is 24.3 Å². The summed E-state index contributed by atoms with van der Waals surface area (Å²) in [7, 11) is 1.43. The molecule has 0 unspecified atom stereocenters. The van der Waals surface area contributed by atoms with Gasteiger partial charge in [-0.25, -0.2) is 9.97 Å². The van der Waals surface area contributed by atoms with Crippen LogP contribution in [0.1, 0.15) is 15.9 Å². The van der Waals surface area contributed by atoms with Crippen LogP contribution in [0.15, 0.2) is 60.8 Å². The molecular formula is C21H15F3N4O2. The summed E-state index contributed by atoms with van der Waals surface area (Å²) in [5.41, 5.74) is -0.211. The normalized spacial score (nSPS) is 11.5. The summed E-state index contributed by atoms with van der Waals surface area (Å²) in [6, 6.07) is 13.2. The summed E-state index contributed by atoms with van der Waals surface area (Å²) >= 11 is 0. The van der Waals surface area contributed by atoms with Crippen LogP contribution in [0.2, 0.25) is 0 Å². The number of imidazole rings is 1. The van der Waals surface area contributed by atoms with E-state index < -0.39 is 17.6 Å². The Bertz CT molecular complexity index is 1220. The van der Waals surface area contributed by atoms with Gasteiger partial charge in [0.05, 0.1) is 23.8 Å². The number of anilines is 1. The van der Waals surface area contributed by atoms with Crippen molar-refractivity contribution < 1.29 is 22.7 Å². The largest absolute Gasteiger partial charge is 0.497 e. The number of rotatable bonds is 4. The Morgan fingerprint density at radius 3 is 2.57 bits per heavy atom. The van der Waals surface area contributed by atoms with Gasteiger partial charge in [0, 0.05) is 17.8 Å². The first-order chi connectivity index (χ1) is 14.4. The van der Waals surface area contributed by atoms with Crippen molar-refractivity contribution in [3.8, 4) is 17.1 Å². The summed E-state index contributed by atoms with van der Waals surface area (Å²) in [6.45, 7) is 0. The van der Waals surface area contributed by atoms with E-state index in [0.29, 0.717) is 17.1 Å². The number of hydrogen-bond donors (Lipinski definition) is 2. The lowest BCUT2D eigenvalue weighted by molar-refractivity contribution is -0.137. The Morgan fingerprint density at radius 1 is 1.10 bits per heavy atom. The lowest BCUT2D eigenvalue weighted by Crippen LogP contribution is -2.13. The number of carbonyl (C=O) groups excluding carboxylic acids is 1. The molecule has 30 heavy (non-hydrogen) atoms. The minimum atomic E-state index is -4.55. The van der Waals surface area contributed by atoms with E-state index in [1.807, 2.05) is 0 Å². The van der Waals surface area contributed by atoms with Crippen LogP contribution in [0.4, 0.5) is 19.0 Å². The van der Waals surface area contributed by atoms with Crippen molar-refractivity contribution in [2.24, 2.45) is 0 Å². The van der Waals surface area contributed by atoms with Gasteiger partial charge in [-0.1, -0.05) is 24.3 Å². The molecule has 0 atom stereocenters. The monoisotopic (exact) mass is 412 g/mol. The predicted molar refractivity (Wildman–Crippen MR) is 105 cm³/mol. The maximum atomic E-state index is 13.4.